The molecular formula is C10H11ClO4. The molecule has 0 amide bonds. The summed E-state index contributed by atoms with van der Waals surface area (Å²) in [6.45, 7) is 0. The molecule has 15 heavy (non-hydrogen) atoms. The number of hydrogen-bond donors (Lipinski definition) is 0. The molecular weight excluding hydrogens is 220 g/mol. The average molecular weight is 231 g/mol. The van der Waals surface area contributed by atoms with E-state index in [2.05, 4.69) is 0 Å². The van der Waals surface area contributed by atoms with Crippen LogP contribution >= 0.6 is 12.4 Å². The van der Waals surface area contributed by atoms with Gasteiger partial charge in [-0.15, -0.1) is 12.4 Å². The van der Waals surface area contributed by atoms with Gasteiger partial charge in [-0.3, -0.25) is 9.59 Å². The van der Waals surface area contributed by atoms with Crippen LogP contribution in [0.15, 0.2) is 36.4 Å². The van der Waals surface area contributed by atoms with Gasteiger partial charge in [-0.05, 0) is 12.2 Å². The minimum Gasteiger partial charge on any atom is -0.412 e. The van der Waals surface area contributed by atoms with Crippen LogP contribution in [0.2, 0.25) is 0 Å². The van der Waals surface area contributed by atoms with E-state index in [0.29, 0.717) is 11.1 Å². The molecule has 4 N–H and O–H groups in total. The Morgan fingerprint density at radius 3 is 1.40 bits per heavy atom. The van der Waals surface area contributed by atoms with Gasteiger partial charge in [-0.2, -0.15) is 0 Å². The second-order valence-electron chi connectivity index (χ2n) is 2.61. The van der Waals surface area contributed by atoms with Gasteiger partial charge in [0, 0.05) is 11.1 Å². The zero-order chi connectivity index (χ0) is 8.55. The fraction of sp³-hybridized carbons (Fsp3) is 0. The highest BCUT2D eigenvalue weighted by Gasteiger charge is 2.16. The molecule has 0 radical (unpaired) electrons. The van der Waals surface area contributed by atoms with Crippen LogP contribution in [-0.4, -0.2) is 22.5 Å². The SMILES string of the molecule is Cl.O.O.O=C1C=CC(=O)c2ccccc21. The summed E-state index contributed by atoms with van der Waals surface area (Å²) in [6, 6.07) is 6.84. The van der Waals surface area contributed by atoms with Crippen molar-refractivity contribution in [2.45, 2.75) is 0 Å². The highest BCUT2D eigenvalue weighted by atomic mass is 35.5. The lowest BCUT2D eigenvalue weighted by molar-refractivity contribution is 0.0994. The van der Waals surface area contributed by atoms with Crippen LogP contribution < -0.4 is 0 Å². The largest absolute Gasteiger partial charge is 0.412 e. The Hall–Kier alpha value is -1.49. The van der Waals surface area contributed by atoms with E-state index >= 15 is 0 Å². The molecule has 5 heteroatoms. The van der Waals surface area contributed by atoms with Gasteiger partial charge in [0.15, 0.2) is 11.6 Å². The maximum absolute atomic E-state index is 11.2. The second kappa shape index (κ2) is 6.08. The van der Waals surface area contributed by atoms with Gasteiger partial charge >= 0.3 is 0 Å². The van der Waals surface area contributed by atoms with Crippen LogP contribution in [0.5, 0.6) is 0 Å². The number of fused-ring (bicyclic) bond motifs is 1. The molecule has 1 aliphatic rings. The van der Waals surface area contributed by atoms with Crippen LogP contribution in [-0.2, 0) is 0 Å². The molecule has 0 aliphatic heterocycles. The molecule has 0 atom stereocenters. The molecule has 0 unspecified atom stereocenters. The fourth-order valence-corrected chi connectivity index (χ4v) is 1.24. The molecule has 0 fully saturated rings. The predicted molar refractivity (Wildman–Crippen MR) is 58.7 cm³/mol. The van der Waals surface area contributed by atoms with Gasteiger partial charge in [-0.25, -0.2) is 0 Å². The Balaban J connectivity index is 0. The van der Waals surface area contributed by atoms with E-state index in [-0.39, 0.29) is 34.9 Å². The first-order valence-corrected chi connectivity index (χ1v) is 3.65. The monoisotopic (exact) mass is 230 g/mol. The lowest BCUT2D eigenvalue weighted by atomic mass is 9.95. The maximum Gasteiger partial charge on any atom is 0.186 e. The van der Waals surface area contributed by atoms with E-state index in [4.69, 9.17) is 0 Å². The number of benzene rings is 1. The minimum absolute atomic E-state index is 0. The fourth-order valence-electron chi connectivity index (χ4n) is 1.24. The van der Waals surface area contributed by atoms with Crippen molar-refractivity contribution in [3.05, 3.63) is 47.5 Å². The molecule has 0 saturated heterocycles. The van der Waals surface area contributed by atoms with E-state index in [9.17, 15) is 9.59 Å². The zero-order valence-corrected chi connectivity index (χ0v) is 8.51. The number of carbonyl (C=O) groups excluding carboxylic acids is 2. The topological polar surface area (TPSA) is 97.1 Å². The third-order valence-electron chi connectivity index (χ3n) is 1.84. The van der Waals surface area contributed by atoms with Gasteiger partial charge in [0.05, 0.1) is 0 Å². The molecule has 0 bridgehead atoms. The smallest absolute Gasteiger partial charge is 0.186 e. The molecule has 1 aliphatic carbocycles. The molecule has 0 heterocycles. The summed E-state index contributed by atoms with van der Waals surface area (Å²) in [5.41, 5.74) is 1.01. The molecule has 82 valence electrons. The number of carbonyl (C=O) groups is 2. The van der Waals surface area contributed by atoms with Crippen molar-refractivity contribution in [3.63, 3.8) is 0 Å². The summed E-state index contributed by atoms with van der Waals surface area (Å²) in [4.78, 5) is 22.4. The van der Waals surface area contributed by atoms with E-state index in [1.165, 1.54) is 12.2 Å². The molecule has 2 rings (SSSR count). The van der Waals surface area contributed by atoms with Crippen molar-refractivity contribution in [2.75, 3.05) is 0 Å². The first kappa shape index (κ1) is 16.0. The molecule has 0 saturated carbocycles. The van der Waals surface area contributed by atoms with Crippen LogP contribution in [0, 0.1) is 0 Å². The van der Waals surface area contributed by atoms with Gasteiger partial charge < -0.3 is 11.0 Å². The van der Waals surface area contributed by atoms with Crippen molar-refractivity contribution in [3.8, 4) is 0 Å². The van der Waals surface area contributed by atoms with Gasteiger partial charge in [0.1, 0.15) is 0 Å². The van der Waals surface area contributed by atoms with Crippen LogP contribution in [0.4, 0.5) is 0 Å². The van der Waals surface area contributed by atoms with Crippen molar-refractivity contribution in [1.82, 2.24) is 0 Å². The summed E-state index contributed by atoms with van der Waals surface area (Å²) in [5.74, 6) is -0.185. The summed E-state index contributed by atoms with van der Waals surface area (Å²) in [5, 5.41) is 0. The lowest BCUT2D eigenvalue weighted by Crippen LogP contribution is -2.10. The summed E-state index contributed by atoms with van der Waals surface area (Å²) >= 11 is 0. The van der Waals surface area contributed by atoms with Gasteiger partial charge in [0.2, 0.25) is 0 Å². The van der Waals surface area contributed by atoms with Crippen molar-refractivity contribution in [2.24, 2.45) is 0 Å². The number of halogens is 1. The Bertz CT molecular complexity index is 361. The van der Waals surface area contributed by atoms with Crippen molar-refractivity contribution in [1.29, 1.82) is 0 Å². The molecule has 1 aromatic rings. The number of ketones is 2. The standard InChI is InChI=1S/C10H6O2.ClH.2H2O/c11-9-5-6-10(12)8-4-2-1-3-7(8)9;;;/h1-6H;1H;2*1H2. The zero-order valence-electron chi connectivity index (χ0n) is 7.69. The van der Waals surface area contributed by atoms with E-state index in [0.717, 1.165) is 0 Å². The Kier molecular flexibility index (Phi) is 6.47. The number of hydrogen-bond acceptors (Lipinski definition) is 2. The van der Waals surface area contributed by atoms with Crippen molar-refractivity contribution >= 4 is 24.0 Å². The quantitative estimate of drug-likeness (QED) is 0.644. The summed E-state index contributed by atoms with van der Waals surface area (Å²) < 4.78 is 0. The van der Waals surface area contributed by atoms with Gasteiger partial charge in [0.25, 0.3) is 0 Å². The Morgan fingerprint density at radius 1 is 0.733 bits per heavy atom. The van der Waals surface area contributed by atoms with Crippen molar-refractivity contribution < 1.29 is 20.5 Å². The highest BCUT2D eigenvalue weighted by molar-refractivity contribution is 6.21. The third kappa shape index (κ3) is 2.73. The summed E-state index contributed by atoms with van der Waals surface area (Å²) in [7, 11) is 0. The van der Waals surface area contributed by atoms with E-state index in [1.54, 1.807) is 24.3 Å². The molecule has 0 aromatic heterocycles. The minimum atomic E-state index is -0.0924. The molecule has 0 spiro atoms. The number of rotatable bonds is 0. The Morgan fingerprint density at radius 2 is 1.07 bits per heavy atom. The van der Waals surface area contributed by atoms with Crippen LogP contribution in [0.25, 0.3) is 0 Å². The second-order valence-corrected chi connectivity index (χ2v) is 2.61. The average Bonchev–Trinajstić information content (AvgIpc) is 2.12. The Labute approximate surface area is 92.6 Å². The van der Waals surface area contributed by atoms with E-state index < -0.39 is 0 Å². The third-order valence-corrected chi connectivity index (χ3v) is 1.84. The summed E-state index contributed by atoms with van der Waals surface area (Å²) in [6.07, 6.45) is 2.62. The van der Waals surface area contributed by atoms with Crippen LogP contribution in [0.3, 0.4) is 0 Å². The molecule has 4 nitrogen and oxygen atoms in total. The van der Waals surface area contributed by atoms with E-state index in [1.807, 2.05) is 0 Å². The first-order chi connectivity index (χ1) is 5.79. The normalized spacial score (nSPS) is 11.7. The van der Waals surface area contributed by atoms with Crippen LogP contribution in [0.1, 0.15) is 20.7 Å². The first-order valence-electron chi connectivity index (χ1n) is 3.65. The highest BCUT2D eigenvalue weighted by Crippen LogP contribution is 2.15. The number of allylic oxidation sites excluding steroid dienone is 2. The predicted octanol–water partition coefficient (Wildman–Crippen LogP) is 0.394. The van der Waals surface area contributed by atoms with Gasteiger partial charge in [-0.1, -0.05) is 24.3 Å². The maximum atomic E-state index is 11.2. The molecule has 1 aromatic carbocycles. The lowest BCUT2D eigenvalue weighted by Gasteiger charge is -2.06.